The second-order valence-corrected chi connectivity index (χ2v) is 3.08. The van der Waals surface area contributed by atoms with Crippen molar-refractivity contribution in [2.75, 3.05) is 6.61 Å². The van der Waals surface area contributed by atoms with Crippen LogP contribution < -0.4 is 0 Å². The minimum Gasteiger partial charge on any atom is -0.393 e. The average Bonchev–Trinajstić information content (AvgIpc) is 2.62. The van der Waals surface area contributed by atoms with Gasteiger partial charge in [-0.15, -0.1) is 0 Å². The molecule has 2 unspecified atom stereocenters. The fraction of sp³-hybridized carbons (Fsp3) is 1.00. The number of ether oxygens (including phenoxy) is 1. The van der Waals surface area contributed by atoms with Gasteiger partial charge in [-0.1, -0.05) is 12.8 Å². The number of hydrogen-bond acceptors (Lipinski definition) is 2. The summed E-state index contributed by atoms with van der Waals surface area (Å²) in [5, 5.41) is 8.87. The maximum absolute atomic E-state index is 8.87. The van der Waals surface area contributed by atoms with E-state index < -0.39 is 0 Å². The van der Waals surface area contributed by atoms with E-state index in [0.717, 1.165) is 6.42 Å². The zero-order valence-corrected chi connectivity index (χ0v) is 5.47. The SMILES string of the molecule is OCC12CCCCC1O2. The normalized spacial score (nSPS) is 48.3. The topological polar surface area (TPSA) is 32.8 Å². The Bertz CT molecular complexity index is 124. The highest BCUT2D eigenvalue weighted by Gasteiger charge is 2.56. The highest BCUT2D eigenvalue weighted by Crippen LogP contribution is 2.47. The molecule has 2 rings (SSSR count). The van der Waals surface area contributed by atoms with Crippen LogP contribution >= 0.6 is 0 Å². The van der Waals surface area contributed by atoms with Gasteiger partial charge in [-0.25, -0.2) is 0 Å². The maximum atomic E-state index is 8.87. The van der Waals surface area contributed by atoms with Crippen LogP contribution in [0.3, 0.4) is 0 Å². The molecule has 0 bridgehead atoms. The summed E-state index contributed by atoms with van der Waals surface area (Å²) in [7, 11) is 0. The first-order valence-corrected chi connectivity index (χ1v) is 3.66. The summed E-state index contributed by atoms with van der Waals surface area (Å²) in [6.07, 6.45) is 5.18. The van der Waals surface area contributed by atoms with E-state index >= 15 is 0 Å². The molecule has 0 aromatic heterocycles. The van der Waals surface area contributed by atoms with Gasteiger partial charge in [-0.05, 0) is 12.8 Å². The lowest BCUT2D eigenvalue weighted by molar-refractivity contribution is 0.163. The van der Waals surface area contributed by atoms with E-state index in [0.29, 0.717) is 6.10 Å². The average molecular weight is 128 g/mol. The summed E-state index contributed by atoms with van der Waals surface area (Å²) in [5.41, 5.74) is -0.0573. The van der Waals surface area contributed by atoms with E-state index in [9.17, 15) is 0 Å². The van der Waals surface area contributed by atoms with E-state index in [2.05, 4.69) is 0 Å². The molecule has 2 heteroatoms. The van der Waals surface area contributed by atoms with Gasteiger partial charge in [0.15, 0.2) is 0 Å². The largest absolute Gasteiger partial charge is 0.393 e. The van der Waals surface area contributed by atoms with Crippen molar-refractivity contribution in [3.05, 3.63) is 0 Å². The Morgan fingerprint density at radius 2 is 2.44 bits per heavy atom. The predicted molar refractivity (Wildman–Crippen MR) is 33.2 cm³/mol. The number of aliphatic hydroxyl groups excluding tert-OH is 1. The molecule has 1 heterocycles. The summed E-state index contributed by atoms with van der Waals surface area (Å²) in [5.74, 6) is 0. The highest BCUT2D eigenvalue weighted by atomic mass is 16.6. The van der Waals surface area contributed by atoms with Gasteiger partial charge in [0.1, 0.15) is 5.60 Å². The molecular formula is C7H12O2. The summed E-state index contributed by atoms with van der Waals surface area (Å²) >= 11 is 0. The molecule has 0 aromatic carbocycles. The molecule has 1 aliphatic heterocycles. The Labute approximate surface area is 54.8 Å². The van der Waals surface area contributed by atoms with Gasteiger partial charge in [0.25, 0.3) is 0 Å². The monoisotopic (exact) mass is 128 g/mol. The fourth-order valence-corrected chi connectivity index (χ4v) is 1.76. The van der Waals surface area contributed by atoms with Crippen molar-refractivity contribution >= 4 is 0 Å². The van der Waals surface area contributed by atoms with Crippen LogP contribution in [0.25, 0.3) is 0 Å². The first kappa shape index (κ1) is 5.69. The van der Waals surface area contributed by atoms with Gasteiger partial charge < -0.3 is 9.84 Å². The third kappa shape index (κ3) is 0.700. The van der Waals surface area contributed by atoms with Crippen LogP contribution in [0.5, 0.6) is 0 Å². The Morgan fingerprint density at radius 3 is 3.00 bits per heavy atom. The van der Waals surface area contributed by atoms with Crippen molar-refractivity contribution in [1.82, 2.24) is 0 Å². The number of aliphatic hydroxyl groups is 1. The highest BCUT2D eigenvalue weighted by molar-refractivity contribution is 5.04. The first-order chi connectivity index (χ1) is 4.37. The number of hydrogen-bond donors (Lipinski definition) is 1. The third-order valence-electron chi connectivity index (χ3n) is 2.49. The van der Waals surface area contributed by atoms with Crippen molar-refractivity contribution in [1.29, 1.82) is 0 Å². The van der Waals surface area contributed by atoms with Crippen LogP contribution in [0.4, 0.5) is 0 Å². The fourth-order valence-electron chi connectivity index (χ4n) is 1.76. The van der Waals surface area contributed by atoms with Crippen LogP contribution in [0.1, 0.15) is 25.7 Å². The maximum Gasteiger partial charge on any atom is 0.118 e. The molecule has 9 heavy (non-hydrogen) atoms. The van der Waals surface area contributed by atoms with Crippen molar-refractivity contribution in [3.8, 4) is 0 Å². The Hall–Kier alpha value is -0.0800. The minimum atomic E-state index is -0.0573. The molecule has 52 valence electrons. The third-order valence-corrected chi connectivity index (χ3v) is 2.49. The molecule has 2 atom stereocenters. The van der Waals surface area contributed by atoms with Gasteiger partial charge in [-0.3, -0.25) is 0 Å². The predicted octanol–water partition coefficient (Wildman–Crippen LogP) is 0.690. The lowest BCUT2D eigenvalue weighted by Crippen LogP contribution is -2.23. The molecular weight excluding hydrogens is 116 g/mol. The molecule has 0 amide bonds. The quantitative estimate of drug-likeness (QED) is 0.527. The van der Waals surface area contributed by atoms with E-state index in [1.807, 2.05) is 0 Å². The molecule has 1 saturated carbocycles. The van der Waals surface area contributed by atoms with E-state index in [4.69, 9.17) is 9.84 Å². The first-order valence-electron chi connectivity index (χ1n) is 3.66. The van der Waals surface area contributed by atoms with Crippen LogP contribution in [-0.2, 0) is 4.74 Å². The van der Waals surface area contributed by atoms with Crippen molar-refractivity contribution in [3.63, 3.8) is 0 Å². The van der Waals surface area contributed by atoms with Crippen molar-refractivity contribution in [2.45, 2.75) is 37.4 Å². The van der Waals surface area contributed by atoms with Crippen LogP contribution in [0.2, 0.25) is 0 Å². The minimum absolute atomic E-state index is 0.0573. The van der Waals surface area contributed by atoms with Crippen LogP contribution in [0, 0.1) is 0 Å². The van der Waals surface area contributed by atoms with Crippen molar-refractivity contribution in [2.24, 2.45) is 0 Å². The standard InChI is InChI=1S/C7H12O2/c8-5-7-4-2-1-3-6(7)9-7/h6,8H,1-5H2. The van der Waals surface area contributed by atoms with Gasteiger partial charge in [0.2, 0.25) is 0 Å². The molecule has 2 nitrogen and oxygen atoms in total. The molecule has 2 aliphatic rings. The Kier molecular flexibility index (Phi) is 1.08. The van der Waals surface area contributed by atoms with Gasteiger partial charge in [-0.2, -0.15) is 0 Å². The second kappa shape index (κ2) is 1.70. The zero-order chi connectivity index (χ0) is 6.32. The Morgan fingerprint density at radius 1 is 1.56 bits per heavy atom. The molecule has 1 saturated heterocycles. The lowest BCUT2D eigenvalue weighted by Gasteiger charge is -2.12. The van der Waals surface area contributed by atoms with E-state index in [1.54, 1.807) is 0 Å². The summed E-state index contributed by atoms with van der Waals surface area (Å²) in [6.45, 7) is 0.234. The van der Waals surface area contributed by atoms with Crippen molar-refractivity contribution < 1.29 is 9.84 Å². The lowest BCUT2D eigenvalue weighted by atomic mass is 9.90. The van der Waals surface area contributed by atoms with Crippen LogP contribution in [0.15, 0.2) is 0 Å². The number of fused-ring (bicyclic) bond motifs is 1. The summed E-state index contributed by atoms with van der Waals surface area (Å²) < 4.78 is 5.36. The zero-order valence-electron chi connectivity index (χ0n) is 5.47. The van der Waals surface area contributed by atoms with Gasteiger partial charge in [0.05, 0.1) is 12.7 Å². The molecule has 2 fully saturated rings. The molecule has 0 spiro atoms. The van der Waals surface area contributed by atoms with Gasteiger partial charge in [0, 0.05) is 0 Å². The second-order valence-electron chi connectivity index (χ2n) is 3.08. The Balaban J connectivity index is 2.01. The summed E-state index contributed by atoms with van der Waals surface area (Å²) in [6, 6.07) is 0. The molecule has 1 N–H and O–H groups in total. The smallest absolute Gasteiger partial charge is 0.118 e. The van der Waals surface area contributed by atoms with Crippen LogP contribution in [-0.4, -0.2) is 23.4 Å². The molecule has 0 aromatic rings. The van der Waals surface area contributed by atoms with E-state index in [1.165, 1.54) is 19.3 Å². The molecule has 0 radical (unpaired) electrons. The molecule has 1 aliphatic carbocycles. The number of epoxide rings is 1. The number of rotatable bonds is 1. The van der Waals surface area contributed by atoms with E-state index in [-0.39, 0.29) is 12.2 Å². The summed E-state index contributed by atoms with van der Waals surface area (Å²) in [4.78, 5) is 0. The van der Waals surface area contributed by atoms with Gasteiger partial charge >= 0.3 is 0 Å².